The van der Waals surface area contributed by atoms with Gasteiger partial charge in [0.1, 0.15) is 0 Å². The lowest BCUT2D eigenvalue weighted by molar-refractivity contribution is 1.18. The molecule has 0 atom stereocenters. The lowest BCUT2D eigenvalue weighted by atomic mass is 9.97. The fourth-order valence-corrected chi connectivity index (χ4v) is 8.36. The summed E-state index contributed by atoms with van der Waals surface area (Å²) in [4.78, 5) is 0. The maximum absolute atomic E-state index is 2.50. The molecular weight excluding hydrogens is 516 g/mol. The molecule has 0 aliphatic carbocycles. The first kappa shape index (κ1) is 21.7. The molecule has 3 heteroatoms. The summed E-state index contributed by atoms with van der Waals surface area (Å²) >= 11 is 1.89. The molecule has 6 aromatic carbocycles. The van der Waals surface area contributed by atoms with Crippen LogP contribution in [0.15, 0.2) is 134 Å². The van der Waals surface area contributed by atoms with Crippen molar-refractivity contribution in [1.29, 1.82) is 0 Å². The number of nitrogens with zero attached hydrogens (tertiary/aromatic N) is 2. The zero-order valence-electron chi connectivity index (χ0n) is 22.0. The summed E-state index contributed by atoms with van der Waals surface area (Å²) in [5.74, 6) is 0. The number of hydrogen-bond donors (Lipinski definition) is 0. The van der Waals surface area contributed by atoms with Crippen molar-refractivity contribution < 1.29 is 0 Å². The number of aromatic nitrogens is 2. The van der Waals surface area contributed by atoms with Gasteiger partial charge >= 0.3 is 0 Å². The predicted octanol–water partition coefficient (Wildman–Crippen LogP) is 10.9. The highest BCUT2D eigenvalue weighted by atomic mass is 32.1. The summed E-state index contributed by atoms with van der Waals surface area (Å²) in [6.45, 7) is 0. The highest BCUT2D eigenvalue weighted by molar-refractivity contribution is 7.26. The van der Waals surface area contributed by atoms with Gasteiger partial charge in [-0.1, -0.05) is 91.0 Å². The van der Waals surface area contributed by atoms with Gasteiger partial charge in [0.05, 0.1) is 22.1 Å². The lowest BCUT2D eigenvalue weighted by Gasteiger charge is -2.13. The van der Waals surface area contributed by atoms with E-state index in [2.05, 4.69) is 143 Å². The van der Waals surface area contributed by atoms with Crippen molar-refractivity contribution in [2.24, 2.45) is 0 Å². The van der Waals surface area contributed by atoms with Crippen molar-refractivity contribution in [3.05, 3.63) is 134 Å². The quantitative estimate of drug-likeness (QED) is 0.184. The summed E-state index contributed by atoms with van der Waals surface area (Å²) in [5, 5.41) is 11.8. The van der Waals surface area contributed by atoms with Crippen molar-refractivity contribution in [2.75, 3.05) is 0 Å². The van der Waals surface area contributed by atoms with E-state index in [4.69, 9.17) is 0 Å². The summed E-state index contributed by atoms with van der Waals surface area (Å²) < 4.78 is 7.59. The molecule has 0 radical (unpaired) electrons. The van der Waals surface area contributed by atoms with Crippen LogP contribution < -0.4 is 0 Å². The summed E-state index contributed by atoms with van der Waals surface area (Å²) in [7, 11) is 0. The molecule has 0 aliphatic heterocycles. The minimum atomic E-state index is 1.18. The van der Waals surface area contributed by atoms with Crippen LogP contribution in [0.4, 0.5) is 0 Å². The summed E-state index contributed by atoms with van der Waals surface area (Å²) in [6, 6.07) is 46.7. The monoisotopic (exact) mass is 538 g/mol. The van der Waals surface area contributed by atoms with E-state index in [1.165, 1.54) is 85.6 Å². The molecule has 0 unspecified atom stereocenters. The van der Waals surface area contributed by atoms with E-state index >= 15 is 0 Å². The second-order valence-electron chi connectivity index (χ2n) is 10.9. The molecule has 4 heterocycles. The van der Waals surface area contributed by atoms with Gasteiger partial charge in [-0.2, -0.15) is 0 Å². The Labute approximate surface area is 238 Å². The third-order valence-electron chi connectivity index (χ3n) is 8.86. The van der Waals surface area contributed by atoms with Crippen molar-refractivity contribution in [1.82, 2.24) is 8.97 Å². The fraction of sp³-hybridized carbons (Fsp3) is 0. The van der Waals surface area contributed by atoms with Crippen LogP contribution in [-0.2, 0) is 0 Å². The molecular formula is C38H22N2S. The Morgan fingerprint density at radius 1 is 0.415 bits per heavy atom. The molecule has 0 bridgehead atoms. The molecule has 0 spiro atoms. The van der Waals surface area contributed by atoms with Crippen LogP contribution in [0.25, 0.3) is 85.6 Å². The van der Waals surface area contributed by atoms with E-state index in [1.807, 2.05) is 11.3 Å². The van der Waals surface area contributed by atoms with E-state index in [1.54, 1.807) is 0 Å². The van der Waals surface area contributed by atoms with Crippen LogP contribution in [0.1, 0.15) is 0 Å². The number of benzene rings is 6. The third-order valence-corrected chi connectivity index (χ3v) is 10.00. The molecule has 0 aliphatic rings. The standard InChI is InChI=1S/C38H22N2S/c1-2-11-24(12-3-1)40-30-16-8-6-14-28(30)34-31(40)20-18-27-26-19-21-33-35(29-15-7-9-17-32(29)41-33)36(26)37-25-13-5-4-10-23(25)22-39(37)38(27)34/h1-22H. The number of fused-ring (bicyclic) bond motifs is 16. The average molecular weight is 539 g/mol. The molecule has 0 fully saturated rings. The Morgan fingerprint density at radius 2 is 1.12 bits per heavy atom. The Morgan fingerprint density at radius 3 is 2.02 bits per heavy atom. The minimum Gasteiger partial charge on any atom is -0.314 e. The number of pyridine rings is 1. The van der Waals surface area contributed by atoms with Crippen LogP contribution in [0.5, 0.6) is 0 Å². The van der Waals surface area contributed by atoms with Crippen molar-refractivity contribution in [2.45, 2.75) is 0 Å². The van der Waals surface area contributed by atoms with Crippen molar-refractivity contribution in [3.8, 4) is 5.69 Å². The first-order chi connectivity index (χ1) is 20.4. The van der Waals surface area contributed by atoms with Gasteiger partial charge in [0.25, 0.3) is 0 Å². The molecule has 190 valence electrons. The van der Waals surface area contributed by atoms with Gasteiger partial charge in [-0.3, -0.25) is 0 Å². The predicted molar refractivity (Wildman–Crippen MR) is 177 cm³/mol. The van der Waals surface area contributed by atoms with Crippen LogP contribution in [0, 0.1) is 0 Å². The normalized spacial score (nSPS) is 12.4. The van der Waals surface area contributed by atoms with Gasteiger partial charge in [0.15, 0.2) is 0 Å². The SMILES string of the molecule is c1ccc(-n2c3ccccc3c3c2ccc2c4ccc5sc6ccccc6c5c4c4c5ccccc5cn4c23)cc1. The summed E-state index contributed by atoms with van der Waals surface area (Å²) in [6.07, 6.45) is 2.36. The molecule has 0 amide bonds. The number of para-hydroxylation sites is 2. The van der Waals surface area contributed by atoms with Crippen LogP contribution in [-0.4, -0.2) is 8.97 Å². The Balaban J connectivity index is 1.54. The average Bonchev–Trinajstić information content (AvgIpc) is 3.71. The first-order valence-corrected chi connectivity index (χ1v) is 14.9. The lowest BCUT2D eigenvalue weighted by Crippen LogP contribution is -1.94. The zero-order chi connectivity index (χ0) is 26.7. The number of thiophene rings is 1. The maximum Gasteiger partial charge on any atom is 0.0635 e. The molecule has 10 rings (SSSR count). The Bertz CT molecular complexity index is 2690. The topological polar surface area (TPSA) is 9.34 Å². The van der Waals surface area contributed by atoms with Crippen molar-refractivity contribution >= 4 is 91.3 Å². The van der Waals surface area contributed by atoms with Gasteiger partial charge in [0, 0.05) is 64.4 Å². The Hall–Kier alpha value is -5.12. The molecule has 4 aromatic heterocycles. The number of rotatable bonds is 1. The second-order valence-corrected chi connectivity index (χ2v) is 12.0. The molecule has 41 heavy (non-hydrogen) atoms. The molecule has 10 aromatic rings. The molecule has 0 saturated carbocycles. The van der Waals surface area contributed by atoms with Crippen LogP contribution in [0.3, 0.4) is 0 Å². The van der Waals surface area contributed by atoms with E-state index in [0.29, 0.717) is 0 Å². The van der Waals surface area contributed by atoms with Crippen LogP contribution in [0.2, 0.25) is 0 Å². The first-order valence-electron chi connectivity index (χ1n) is 14.0. The second kappa shape index (κ2) is 7.75. The van der Waals surface area contributed by atoms with E-state index < -0.39 is 0 Å². The van der Waals surface area contributed by atoms with Gasteiger partial charge in [-0.25, -0.2) is 0 Å². The maximum atomic E-state index is 2.50. The van der Waals surface area contributed by atoms with E-state index in [-0.39, 0.29) is 0 Å². The van der Waals surface area contributed by atoms with Gasteiger partial charge in [0.2, 0.25) is 0 Å². The largest absolute Gasteiger partial charge is 0.314 e. The highest BCUT2D eigenvalue weighted by Crippen LogP contribution is 2.46. The van der Waals surface area contributed by atoms with Crippen molar-refractivity contribution in [3.63, 3.8) is 0 Å². The molecule has 2 nitrogen and oxygen atoms in total. The van der Waals surface area contributed by atoms with Gasteiger partial charge in [-0.15, -0.1) is 11.3 Å². The Kier molecular flexibility index (Phi) is 4.10. The molecule has 0 N–H and O–H groups in total. The third kappa shape index (κ3) is 2.71. The fourth-order valence-electron chi connectivity index (χ4n) is 7.24. The summed E-state index contributed by atoms with van der Waals surface area (Å²) in [5.41, 5.74) is 6.20. The number of hydrogen-bond acceptors (Lipinski definition) is 1. The van der Waals surface area contributed by atoms with E-state index in [0.717, 1.165) is 0 Å². The minimum absolute atomic E-state index is 1.18. The van der Waals surface area contributed by atoms with Gasteiger partial charge < -0.3 is 8.97 Å². The van der Waals surface area contributed by atoms with Gasteiger partial charge in [-0.05, 0) is 41.8 Å². The molecule has 0 saturated heterocycles. The zero-order valence-corrected chi connectivity index (χ0v) is 22.8. The van der Waals surface area contributed by atoms with E-state index in [9.17, 15) is 0 Å². The van der Waals surface area contributed by atoms with Crippen LogP contribution >= 0.6 is 11.3 Å². The highest BCUT2D eigenvalue weighted by Gasteiger charge is 2.21. The smallest absolute Gasteiger partial charge is 0.0635 e.